The monoisotopic (exact) mass is 345 g/mol. The summed E-state index contributed by atoms with van der Waals surface area (Å²) >= 11 is 12.0. The molecule has 2 N–H and O–H groups in total. The maximum absolute atomic E-state index is 6.14. The summed E-state index contributed by atoms with van der Waals surface area (Å²) in [6.07, 6.45) is 6.39. The van der Waals surface area contributed by atoms with E-state index in [1.807, 2.05) is 0 Å². The first-order chi connectivity index (χ1) is 9.57. The molecule has 1 aliphatic carbocycles. The molecule has 1 aliphatic rings. The van der Waals surface area contributed by atoms with Gasteiger partial charge in [-0.2, -0.15) is 4.98 Å². The third kappa shape index (κ3) is 3.40. The molecule has 0 unspecified atom stereocenters. The van der Waals surface area contributed by atoms with Gasteiger partial charge in [0, 0.05) is 16.1 Å². The van der Waals surface area contributed by atoms with Crippen LogP contribution in [0.4, 0.5) is 0 Å². The number of nitrogens with two attached hydrogens (primary N) is 1. The fourth-order valence-electron chi connectivity index (χ4n) is 2.09. The first kappa shape index (κ1) is 16.3. The first-order valence-corrected chi connectivity index (χ1v) is 7.09. The Morgan fingerprint density at radius 1 is 1.24 bits per heavy atom. The Kier molecular flexibility index (Phi) is 4.94. The molecule has 0 saturated heterocycles. The summed E-state index contributed by atoms with van der Waals surface area (Å²) in [6, 6.07) is 5.25. The molecule has 7 heteroatoms. The van der Waals surface area contributed by atoms with Gasteiger partial charge in [-0.1, -0.05) is 28.4 Å². The Bertz CT molecular complexity index is 665. The normalized spacial score (nSPS) is 16.5. The zero-order valence-corrected chi connectivity index (χ0v) is 13.4. The summed E-state index contributed by atoms with van der Waals surface area (Å²) in [7, 11) is 0. The van der Waals surface area contributed by atoms with Gasteiger partial charge in [0.1, 0.15) is 0 Å². The van der Waals surface area contributed by atoms with Crippen LogP contribution in [0.5, 0.6) is 0 Å². The average molecular weight is 347 g/mol. The third-order valence-corrected chi connectivity index (χ3v) is 4.08. The van der Waals surface area contributed by atoms with E-state index in [1.165, 1.54) is 0 Å². The lowest BCUT2D eigenvalue weighted by Crippen LogP contribution is -2.44. The average Bonchev–Trinajstić information content (AvgIpc) is 2.86. The highest BCUT2D eigenvalue weighted by Crippen LogP contribution is 2.37. The van der Waals surface area contributed by atoms with E-state index in [4.69, 9.17) is 33.5 Å². The molecule has 112 valence electrons. The van der Waals surface area contributed by atoms with Gasteiger partial charge < -0.3 is 10.3 Å². The van der Waals surface area contributed by atoms with Crippen LogP contribution in [-0.4, -0.2) is 10.1 Å². The second kappa shape index (κ2) is 6.36. The molecule has 4 nitrogen and oxygen atoms in total. The SMILES string of the molecule is Cl.NC1(c2noc(/C=C/c3cc(Cl)ccc3Cl)n2)CCC1. The minimum absolute atomic E-state index is 0. The molecule has 1 fully saturated rings. The largest absolute Gasteiger partial charge is 0.335 e. The van der Waals surface area contributed by atoms with Crippen molar-refractivity contribution in [2.45, 2.75) is 24.8 Å². The molecule has 1 aromatic carbocycles. The lowest BCUT2D eigenvalue weighted by molar-refractivity contribution is 0.229. The van der Waals surface area contributed by atoms with E-state index in [1.54, 1.807) is 30.4 Å². The smallest absolute Gasteiger partial charge is 0.250 e. The lowest BCUT2D eigenvalue weighted by atomic mass is 9.77. The summed E-state index contributed by atoms with van der Waals surface area (Å²) < 4.78 is 5.17. The van der Waals surface area contributed by atoms with Crippen LogP contribution in [0.1, 0.15) is 36.5 Å². The highest BCUT2D eigenvalue weighted by atomic mass is 35.5. The topological polar surface area (TPSA) is 64.9 Å². The Labute approximate surface area is 138 Å². The third-order valence-electron chi connectivity index (χ3n) is 3.50. The summed E-state index contributed by atoms with van der Waals surface area (Å²) in [6.45, 7) is 0. The van der Waals surface area contributed by atoms with Crippen molar-refractivity contribution in [2.24, 2.45) is 5.73 Å². The quantitative estimate of drug-likeness (QED) is 0.899. The van der Waals surface area contributed by atoms with Crippen LogP contribution in [0.25, 0.3) is 12.2 Å². The number of rotatable bonds is 3. The number of benzene rings is 1. The Hall–Kier alpha value is -1.07. The Morgan fingerprint density at radius 3 is 2.67 bits per heavy atom. The summed E-state index contributed by atoms with van der Waals surface area (Å²) in [5.41, 5.74) is 6.52. The predicted octanol–water partition coefficient (Wildman–Crippen LogP) is 4.31. The Morgan fingerprint density at radius 2 is 2.00 bits per heavy atom. The van der Waals surface area contributed by atoms with Crippen molar-refractivity contribution in [1.29, 1.82) is 0 Å². The van der Waals surface area contributed by atoms with Crippen molar-refractivity contribution in [3.63, 3.8) is 0 Å². The standard InChI is InChI=1S/C14H13Cl2N3O.ClH/c15-10-3-4-11(16)9(8-10)2-5-12-18-13(19-20-12)14(17)6-1-7-14;/h2-5,8H,1,6-7,17H2;1H/b5-2+;. The molecule has 1 heterocycles. The highest BCUT2D eigenvalue weighted by molar-refractivity contribution is 6.34. The molecule has 0 aliphatic heterocycles. The van der Waals surface area contributed by atoms with Gasteiger partial charge in [0.15, 0.2) is 5.82 Å². The van der Waals surface area contributed by atoms with E-state index in [0.717, 1.165) is 24.8 Å². The number of hydrogen-bond acceptors (Lipinski definition) is 4. The second-order valence-corrected chi connectivity index (χ2v) is 5.81. The van der Waals surface area contributed by atoms with Crippen molar-refractivity contribution in [3.05, 3.63) is 45.5 Å². The van der Waals surface area contributed by atoms with E-state index in [9.17, 15) is 0 Å². The molecule has 3 rings (SSSR count). The van der Waals surface area contributed by atoms with Gasteiger partial charge >= 0.3 is 0 Å². The molecular weight excluding hydrogens is 333 g/mol. The summed E-state index contributed by atoms with van der Waals surface area (Å²) in [5, 5.41) is 5.17. The van der Waals surface area contributed by atoms with Crippen LogP contribution in [0.2, 0.25) is 10.0 Å². The van der Waals surface area contributed by atoms with Gasteiger partial charge in [0.25, 0.3) is 5.89 Å². The van der Waals surface area contributed by atoms with Gasteiger partial charge in [0.2, 0.25) is 0 Å². The van der Waals surface area contributed by atoms with Crippen molar-refractivity contribution in [2.75, 3.05) is 0 Å². The molecule has 1 saturated carbocycles. The van der Waals surface area contributed by atoms with Gasteiger partial charge in [-0.3, -0.25) is 0 Å². The molecule has 1 aromatic heterocycles. The zero-order chi connectivity index (χ0) is 14.2. The van der Waals surface area contributed by atoms with Crippen LogP contribution in [-0.2, 0) is 5.54 Å². The van der Waals surface area contributed by atoms with Crippen molar-refractivity contribution < 1.29 is 4.52 Å². The number of halogens is 3. The molecule has 0 spiro atoms. The number of aromatic nitrogens is 2. The van der Waals surface area contributed by atoms with Crippen LogP contribution >= 0.6 is 35.6 Å². The van der Waals surface area contributed by atoms with Crippen LogP contribution in [0, 0.1) is 0 Å². The zero-order valence-electron chi connectivity index (χ0n) is 11.1. The maximum atomic E-state index is 6.14. The van der Waals surface area contributed by atoms with Gasteiger partial charge in [0.05, 0.1) is 5.54 Å². The molecule has 0 atom stereocenters. The number of hydrogen-bond donors (Lipinski definition) is 1. The predicted molar refractivity (Wildman–Crippen MR) is 86.7 cm³/mol. The molecular formula is C14H14Cl3N3O. The fraction of sp³-hybridized carbons (Fsp3) is 0.286. The molecule has 0 radical (unpaired) electrons. The van der Waals surface area contributed by atoms with Crippen LogP contribution in [0.15, 0.2) is 22.7 Å². The van der Waals surface area contributed by atoms with E-state index in [0.29, 0.717) is 21.8 Å². The minimum Gasteiger partial charge on any atom is -0.335 e. The summed E-state index contributed by atoms with van der Waals surface area (Å²) in [4.78, 5) is 4.31. The first-order valence-electron chi connectivity index (χ1n) is 6.33. The number of nitrogens with zero attached hydrogens (tertiary/aromatic N) is 2. The van der Waals surface area contributed by atoms with Crippen molar-refractivity contribution >= 4 is 47.8 Å². The van der Waals surface area contributed by atoms with E-state index < -0.39 is 5.54 Å². The van der Waals surface area contributed by atoms with Crippen LogP contribution < -0.4 is 5.73 Å². The minimum atomic E-state index is -0.413. The van der Waals surface area contributed by atoms with Gasteiger partial charge in [-0.25, -0.2) is 0 Å². The van der Waals surface area contributed by atoms with E-state index >= 15 is 0 Å². The molecule has 2 aromatic rings. The van der Waals surface area contributed by atoms with E-state index in [-0.39, 0.29) is 12.4 Å². The van der Waals surface area contributed by atoms with Gasteiger partial charge in [-0.05, 0) is 49.1 Å². The molecule has 0 bridgehead atoms. The van der Waals surface area contributed by atoms with E-state index in [2.05, 4.69) is 10.1 Å². The fourth-order valence-corrected chi connectivity index (χ4v) is 2.45. The molecule has 21 heavy (non-hydrogen) atoms. The maximum Gasteiger partial charge on any atom is 0.250 e. The highest BCUT2D eigenvalue weighted by Gasteiger charge is 2.38. The Balaban J connectivity index is 0.00000161. The summed E-state index contributed by atoms with van der Waals surface area (Å²) in [5.74, 6) is 0.980. The second-order valence-electron chi connectivity index (χ2n) is 4.97. The van der Waals surface area contributed by atoms with Crippen molar-refractivity contribution in [1.82, 2.24) is 10.1 Å². The van der Waals surface area contributed by atoms with Crippen LogP contribution in [0.3, 0.4) is 0 Å². The lowest BCUT2D eigenvalue weighted by Gasteiger charge is -2.34. The molecule has 0 amide bonds. The van der Waals surface area contributed by atoms with Gasteiger partial charge in [-0.15, -0.1) is 12.4 Å². The van der Waals surface area contributed by atoms with Crippen molar-refractivity contribution in [3.8, 4) is 0 Å².